The van der Waals surface area contributed by atoms with Gasteiger partial charge in [-0.2, -0.15) is 0 Å². The number of carbonyl (C=O) groups is 1. The van der Waals surface area contributed by atoms with Gasteiger partial charge in [-0.05, 0) is 29.8 Å². The topological polar surface area (TPSA) is 160 Å². The van der Waals surface area contributed by atoms with Gasteiger partial charge >= 0.3 is 15.6 Å². The van der Waals surface area contributed by atoms with E-state index in [9.17, 15) is 13.9 Å². The summed E-state index contributed by atoms with van der Waals surface area (Å²) in [7, 11) is -9.40. The van der Waals surface area contributed by atoms with E-state index in [0.29, 0.717) is 5.56 Å². The number of phosphoric acid groups is 2. The minimum absolute atomic E-state index is 0.0239. The third-order valence-corrected chi connectivity index (χ3v) is 4.57. The van der Waals surface area contributed by atoms with E-state index in [0.717, 1.165) is 0 Å². The van der Waals surface area contributed by atoms with Crippen LogP contribution < -0.4 is 13.8 Å². The van der Waals surface area contributed by atoms with Gasteiger partial charge in [-0.3, -0.25) is 24.4 Å². The fourth-order valence-corrected chi connectivity index (χ4v) is 3.39. The zero-order chi connectivity index (χ0) is 19.8. The van der Waals surface area contributed by atoms with Gasteiger partial charge in [0.25, 0.3) is 0 Å². The lowest BCUT2D eigenvalue weighted by atomic mass is 9.89. The first-order chi connectivity index (χ1) is 12.5. The van der Waals surface area contributed by atoms with E-state index in [2.05, 4.69) is 9.05 Å². The third-order valence-electron chi connectivity index (χ3n) is 3.67. The maximum Gasteiger partial charge on any atom is 0.524 e. The lowest BCUT2D eigenvalue weighted by Crippen LogP contribution is -2.26. The Morgan fingerprint density at radius 2 is 1.44 bits per heavy atom. The molecule has 1 aliphatic heterocycles. The molecule has 0 aromatic heterocycles. The molecule has 0 amide bonds. The zero-order valence-corrected chi connectivity index (χ0v) is 15.2. The van der Waals surface area contributed by atoms with E-state index in [1.54, 1.807) is 0 Å². The first kappa shape index (κ1) is 19.6. The average Bonchev–Trinajstić information content (AvgIpc) is 2.53. The van der Waals surface area contributed by atoms with Crippen LogP contribution in [0.25, 0.3) is 0 Å². The zero-order valence-electron chi connectivity index (χ0n) is 13.5. The predicted molar refractivity (Wildman–Crippen MR) is 90.8 cm³/mol. The number of benzene rings is 2. The molecule has 27 heavy (non-hydrogen) atoms. The van der Waals surface area contributed by atoms with Gasteiger partial charge in [0, 0.05) is 6.07 Å². The van der Waals surface area contributed by atoms with E-state index in [-0.39, 0.29) is 35.2 Å². The molecule has 1 aliphatic rings. The largest absolute Gasteiger partial charge is 0.524 e. The molecular weight excluding hydrogens is 402 g/mol. The van der Waals surface area contributed by atoms with Gasteiger partial charge in [0.05, 0.1) is 11.5 Å². The van der Waals surface area contributed by atoms with Crippen LogP contribution >= 0.6 is 15.6 Å². The highest BCUT2D eigenvalue weighted by atomic mass is 31.2. The number of ketones is 1. The maximum absolute atomic E-state index is 12.7. The Balaban J connectivity index is 1.80. The van der Waals surface area contributed by atoms with Crippen molar-refractivity contribution in [2.45, 2.75) is 5.92 Å². The molecule has 3 rings (SSSR count). The molecule has 144 valence electrons. The van der Waals surface area contributed by atoms with Gasteiger partial charge in [0.15, 0.2) is 5.78 Å². The Bertz CT molecular complexity index is 959. The Morgan fingerprint density at radius 1 is 0.889 bits per heavy atom. The number of fused-ring (bicyclic) bond motifs is 1. The summed E-state index contributed by atoms with van der Waals surface area (Å²) in [5, 5.41) is 0. The molecule has 12 heteroatoms. The van der Waals surface area contributed by atoms with Crippen LogP contribution in [0.1, 0.15) is 21.8 Å². The molecule has 4 N–H and O–H groups in total. The summed E-state index contributed by atoms with van der Waals surface area (Å²) in [5.74, 6) is -0.968. The number of Topliss-reactive ketones (excluding diaryl/α,β-unsaturated/α-hetero) is 1. The molecule has 2 aromatic rings. The second-order valence-electron chi connectivity index (χ2n) is 5.62. The SMILES string of the molecule is O=C1c2ccc(OP(=O)(O)O)cc2OCC1c1ccc(OP(=O)(O)O)cc1. The smallest absolute Gasteiger partial charge is 0.492 e. The molecule has 0 saturated carbocycles. The normalized spacial score (nSPS) is 17.0. The highest BCUT2D eigenvalue weighted by molar-refractivity contribution is 7.47. The molecule has 0 fully saturated rings. The fraction of sp³-hybridized carbons (Fsp3) is 0.133. The van der Waals surface area contributed by atoms with Crippen molar-refractivity contribution in [1.29, 1.82) is 0 Å². The number of phosphoric ester groups is 2. The molecule has 10 nitrogen and oxygen atoms in total. The molecule has 1 unspecified atom stereocenters. The summed E-state index contributed by atoms with van der Waals surface area (Å²) in [5.41, 5.74) is 0.777. The number of hydrogen-bond acceptors (Lipinski definition) is 6. The third kappa shape index (κ3) is 4.95. The van der Waals surface area contributed by atoms with Crippen LogP contribution in [0, 0.1) is 0 Å². The van der Waals surface area contributed by atoms with Crippen LogP contribution in [0.2, 0.25) is 0 Å². The molecule has 0 bridgehead atoms. The Morgan fingerprint density at radius 3 is 2.04 bits per heavy atom. The summed E-state index contributed by atoms with van der Waals surface area (Å²) in [6.07, 6.45) is 0. The molecule has 1 atom stereocenters. The lowest BCUT2D eigenvalue weighted by Gasteiger charge is -2.25. The van der Waals surface area contributed by atoms with Crippen molar-refractivity contribution in [2.24, 2.45) is 0 Å². The van der Waals surface area contributed by atoms with Gasteiger partial charge in [-0.15, -0.1) is 0 Å². The number of hydrogen-bond donors (Lipinski definition) is 4. The van der Waals surface area contributed by atoms with Crippen molar-refractivity contribution in [3.63, 3.8) is 0 Å². The Hall–Kier alpha value is -2.19. The van der Waals surface area contributed by atoms with Crippen LogP contribution in [0.5, 0.6) is 17.2 Å². The standard InChI is InChI=1S/C15H14O10P2/c16-15-12-6-5-11(25-27(20,21)22)7-14(12)23-8-13(15)9-1-3-10(4-2-9)24-26(17,18)19/h1-7,13H,8H2,(H2,17,18,19)(H2,20,21,22). The first-order valence-corrected chi connectivity index (χ1v) is 10.5. The van der Waals surface area contributed by atoms with Crippen LogP contribution in [-0.4, -0.2) is 32.0 Å². The molecule has 0 saturated heterocycles. The van der Waals surface area contributed by atoms with Gasteiger partial charge < -0.3 is 13.8 Å². The van der Waals surface area contributed by atoms with Crippen molar-refractivity contribution >= 4 is 21.4 Å². The Kier molecular flexibility index (Phi) is 5.14. The summed E-state index contributed by atoms with van der Waals surface area (Å²) < 4.78 is 36.2. The van der Waals surface area contributed by atoms with E-state index in [4.69, 9.17) is 24.3 Å². The maximum atomic E-state index is 12.7. The summed E-state index contributed by atoms with van der Waals surface area (Å²) >= 11 is 0. The van der Waals surface area contributed by atoms with Crippen LogP contribution in [-0.2, 0) is 9.13 Å². The van der Waals surface area contributed by atoms with Crippen LogP contribution in [0.4, 0.5) is 0 Å². The second-order valence-corrected chi connectivity index (χ2v) is 7.95. The predicted octanol–water partition coefficient (Wildman–Crippen LogP) is 1.99. The van der Waals surface area contributed by atoms with Crippen molar-refractivity contribution in [3.8, 4) is 17.2 Å². The van der Waals surface area contributed by atoms with E-state index < -0.39 is 21.6 Å². The highest BCUT2D eigenvalue weighted by Crippen LogP contribution is 2.42. The van der Waals surface area contributed by atoms with E-state index in [1.807, 2.05) is 0 Å². The fourth-order valence-electron chi connectivity index (χ4n) is 2.60. The number of ether oxygens (including phenoxy) is 1. The number of carbonyl (C=O) groups excluding carboxylic acids is 1. The number of rotatable bonds is 5. The lowest BCUT2D eigenvalue weighted by molar-refractivity contribution is 0.0896. The average molecular weight is 416 g/mol. The Labute approximate surface area is 152 Å². The van der Waals surface area contributed by atoms with Gasteiger partial charge in [-0.1, -0.05) is 12.1 Å². The van der Waals surface area contributed by atoms with Crippen molar-refractivity contribution in [2.75, 3.05) is 6.61 Å². The second kappa shape index (κ2) is 7.09. The van der Waals surface area contributed by atoms with Gasteiger partial charge in [-0.25, -0.2) is 9.13 Å². The molecule has 0 spiro atoms. The highest BCUT2D eigenvalue weighted by Gasteiger charge is 2.31. The summed E-state index contributed by atoms with van der Waals surface area (Å²) in [4.78, 5) is 47.9. The molecule has 1 heterocycles. The van der Waals surface area contributed by atoms with Crippen molar-refractivity contribution in [3.05, 3.63) is 53.6 Å². The molecular formula is C15H14O10P2. The van der Waals surface area contributed by atoms with Crippen molar-refractivity contribution in [1.82, 2.24) is 0 Å². The van der Waals surface area contributed by atoms with Gasteiger partial charge in [0.1, 0.15) is 23.9 Å². The minimum Gasteiger partial charge on any atom is -0.492 e. The summed E-state index contributed by atoms with van der Waals surface area (Å²) in [6, 6.07) is 9.46. The quantitative estimate of drug-likeness (QED) is 0.531. The first-order valence-electron chi connectivity index (χ1n) is 7.43. The van der Waals surface area contributed by atoms with Crippen molar-refractivity contribution < 1.29 is 47.3 Å². The van der Waals surface area contributed by atoms with Crippen LogP contribution in [0.3, 0.4) is 0 Å². The van der Waals surface area contributed by atoms with Gasteiger partial charge in [0.2, 0.25) is 0 Å². The summed E-state index contributed by atoms with van der Waals surface area (Å²) in [6.45, 7) is -0.0239. The molecule has 2 aromatic carbocycles. The monoisotopic (exact) mass is 416 g/mol. The minimum atomic E-state index is -4.73. The van der Waals surface area contributed by atoms with Crippen LogP contribution in [0.15, 0.2) is 42.5 Å². The van der Waals surface area contributed by atoms with E-state index in [1.165, 1.54) is 42.5 Å². The van der Waals surface area contributed by atoms with E-state index >= 15 is 0 Å². The molecule has 0 aliphatic carbocycles. The molecule has 0 radical (unpaired) electrons.